The Bertz CT molecular complexity index is 753. The van der Waals surface area contributed by atoms with Gasteiger partial charge in [-0.15, -0.1) is 0 Å². The number of aliphatic hydroxyl groups excluding tert-OH is 1. The second-order valence-electron chi connectivity index (χ2n) is 6.27. The Balaban J connectivity index is 2.21. The Kier molecular flexibility index (Phi) is 7.83. The Labute approximate surface area is 162 Å². The van der Waals surface area contributed by atoms with Crippen molar-refractivity contribution in [2.24, 2.45) is 0 Å². The average Bonchev–Trinajstić information content (AvgIpc) is 2.59. The maximum atomic E-state index is 11.8. The van der Waals surface area contributed by atoms with Crippen molar-refractivity contribution < 1.29 is 14.5 Å². The molecule has 0 bridgehead atoms. The highest BCUT2D eigenvalue weighted by atomic mass is 32.2. The third-order valence-electron chi connectivity index (χ3n) is 3.37. The minimum absolute atomic E-state index is 0.0206. The minimum Gasteiger partial charge on any atom is -0.616 e. The molecule has 0 aliphatic carbocycles. The molecule has 0 aliphatic heterocycles. The Morgan fingerprint density at radius 3 is 2.56 bits per heavy atom. The smallest absolute Gasteiger partial charge is 0.319 e. The zero-order valence-electron chi connectivity index (χ0n) is 15.7. The minimum atomic E-state index is -1.03. The predicted molar refractivity (Wildman–Crippen MR) is 108 cm³/mol. The van der Waals surface area contributed by atoms with Crippen LogP contribution >= 0.6 is 0 Å². The first-order chi connectivity index (χ1) is 12.9. The van der Waals surface area contributed by atoms with Crippen LogP contribution in [0.5, 0.6) is 0 Å². The summed E-state index contributed by atoms with van der Waals surface area (Å²) in [7, 11) is 0. The van der Waals surface area contributed by atoms with Gasteiger partial charge in [0.05, 0.1) is 18.6 Å². The molecule has 0 saturated heterocycles. The van der Waals surface area contributed by atoms with E-state index in [1.807, 2.05) is 26.0 Å². The third-order valence-corrected chi connectivity index (χ3v) is 4.07. The molecule has 2 amide bonds. The molecule has 9 heteroatoms. The lowest BCUT2D eigenvalue weighted by molar-refractivity contribution is 0.250. The number of nitrogens with zero attached hydrogens (tertiary/aromatic N) is 2. The number of aliphatic hydroxyl groups is 1. The second kappa shape index (κ2) is 10.1. The zero-order chi connectivity index (χ0) is 19.8. The molecule has 2 aromatic rings. The normalized spacial score (nSPS) is 11.9. The summed E-state index contributed by atoms with van der Waals surface area (Å²) in [6.07, 6.45) is 1.62. The first-order valence-corrected chi connectivity index (χ1v) is 10.3. The molecule has 1 unspecified atom stereocenters. The van der Waals surface area contributed by atoms with E-state index < -0.39 is 11.2 Å². The summed E-state index contributed by atoms with van der Waals surface area (Å²) in [4.78, 5) is 20.7. The lowest BCUT2D eigenvalue weighted by Gasteiger charge is -2.12. The number of carbonyl (C=O) groups excluding carboxylic acids is 1. The summed E-state index contributed by atoms with van der Waals surface area (Å²) in [5.74, 6) is 1.36. The van der Waals surface area contributed by atoms with Crippen LogP contribution in [0.15, 0.2) is 30.3 Å². The van der Waals surface area contributed by atoms with E-state index in [1.165, 1.54) is 0 Å². The third kappa shape index (κ3) is 7.05. The summed E-state index contributed by atoms with van der Waals surface area (Å²) in [6, 6.07) is 8.67. The number of nitrogens with one attached hydrogen (secondary N) is 3. The van der Waals surface area contributed by atoms with Crippen molar-refractivity contribution in [1.82, 2.24) is 15.3 Å². The van der Waals surface area contributed by atoms with E-state index >= 15 is 0 Å². The molecule has 8 nitrogen and oxygen atoms in total. The molecule has 1 atom stereocenters. The standard InChI is InChI=1S/C18H25N5O3S/c1-12(2)20-18(25)22-14-6-4-13(5-7-14)17-21-15(11-27(3)26)10-16(23-17)19-8-9-24/h4-7,10,12,24H,8-9,11H2,1-3H3,(H,19,21,23)(H2,20,22,25). The lowest BCUT2D eigenvalue weighted by atomic mass is 10.2. The molecular formula is C18H25N5O3S. The van der Waals surface area contributed by atoms with Crippen LogP contribution in [0.25, 0.3) is 11.4 Å². The zero-order valence-corrected chi connectivity index (χ0v) is 16.5. The average molecular weight is 391 g/mol. The fourth-order valence-corrected chi connectivity index (χ4v) is 2.88. The summed E-state index contributed by atoms with van der Waals surface area (Å²) in [5, 5.41) is 17.5. The van der Waals surface area contributed by atoms with E-state index in [1.54, 1.807) is 24.5 Å². The molecule has 0 spiro atoms. The van der Waals surface area contributed by atoms with Crippen molar-refractivity contribution in [2.75, 3.05) is 30.0 Å². The maximum absolute atomic E-state index is 11.8. The van der Waals surface area contributed by atoms with Gasteiger partial charge in [-0.1, -0.05) is 11.2 Å². The van der Waals surface area contributed by atoms with Gasteiger partial charge in [-0.25, -0.2) is 14.8 Å². The van der Waals surface area contributed by atoms with E-state index in [2.05, 4.69) is 25.9 Å². The van der Waals surface area contributed by atoms with E-state index in [0.717, 1.165) is 5.56 Å². The number of urea groups is 1. The Morgan fingerprint density at radius 1 is 1.26 bits per heavy atom. The molecule has 0 radical (unpaired) electrons. The molecule has 0 saturated carbocycles. The van der Waals surface area contributed by atoms with Crippen molar-refractivity contribution in [1.29, 1.82) is 0 Å². The highest BCUT2D eigenvalue weighted by Gasteiger charge is 2.11. The predicted octanol–water partition coefficient (Wildman–Crippen LogP) is 1.96. The van der Waals surface area contributed by atoms with Crippen LogP contribution in [-0.4, -0.2) is 51.1 Å². The van der Waals surface area contributed by atoms with Gasteiger partial charge >= 0.3 is 6.03 Å². The quantitative estimate of drug-likeness (QED) is 0.510. The van der Waals surface area contributed by atoms with Crippen LogP contribution < -0.4 is 16.0 Å². The second-order valence-corrected chi connectivity index (χ2v) is 7.70. The summed E-state index contributed by atoms with van der Waals surface area (Å²) in [5.41, 5.74) is 2.07. The summed E-state index contributed by atoms with van der Waals surface area (Å²) >= 11 is -1.03. The van der Waals surface area contributed by atoms with Crippen LogP contribution in [0, 0.1) is 0 Å². The fourth-order valence-electron chi connectivity index (χ4n) is 2.32. The van der Waals surface area contributed by atoms with Gasteiger partial charge in [-0.05, 0) is 38.1 Å². The fraction of sp³-hybridized carbons (Fsp3) is 0.389. The van der Waals surface area contributed by atoms with Crippen molar-refractivity contribution >= 4 is 28.7 Å². The van der Waals surface area contributed by atoms with Gasteiger partial charge in [0.15, 0.2) is 5.82 Å². The number of hydrogen-bond acceptors (Lipinski definition) is 6. The molecule has 1 aromatic heterocycles. The number of hydrogen-bond donors (Lipinski definition) is 4. The SMILES string of the molecule is CC(C)NC(=O)Nc1ccc(-c2nc(C[S+](C)[O-])cc(NCCO)n2)cc1. The Morgan fingerprint density at radius 2 is 1.96 bits per heavy atom. The van der Waals surface area contributed by atoms with Crippen molar-refractivity contribution in [3.05, 3.63) is 36.0 Å². The van der Waals surface area contributed by atoms with Crippen LogP contribution in [0.4, 0.5) is 16.3 Å². The lowest BCUT2D eigenvalue weighted by Crippen LogP contribution is -2.34. The highest BCUT2D eigenvalue weighted by Crippen LogP contribution is 2.21. The molecule has 0 fully saturated rings. The van der Waals surface area contributed by atoms with E-state index in [9.17, 15) is 9.35 Å². The van der Waals surface area contributed by atoms with Gasteiger partial charge in [-0.3, -0.25) is 0 Å². The largest absolute Gasteiger partial charge is 0.616 e. The molecule has 0 aliphatic rings. The summed E-state index contributed by atoms with van der Waals surface area (Å²) in [6.45, 7) is 4.11. The van der Waals surface area contributed by atoms with E-state index in [4.69, 9.17) is 5.11 Å². The van der Waals surface area contributed by atoms with Crippen LogP contribution in [0.1, 0.15) is 19.5 Å². The van der Waals surface area contributed by atoms with Crippen molar-refractivity contribution in [2.45, 2.75) is 25.6 Å². The van der Waals surface area contributed by atoms with Crippen LogP contribution in [0.2, 0.25) is 0 Å². The monoisotopic (exact) mass is 391 g/mol. The van der Waals surface area contributed by atoms with Crippen molar-refractivity contribution in [3.63, 3.8) is 0 Å². The Hall–Kier alpha value is -2.36. The highest BCUT2D eigenvalue weighted by molar-refractivity contribution is 7.89. The topological polar surface area (TPSA) is 122 Å². The van der Waals surface area contributed by atoms with Gasteiger partial charge in [0, 0.05) is 29.9 Å². The molecule has 27 heavy (non-hydrogen) atoms. The number of benzene rings is 1. The van der Waals surface area contributed by atoms with E-state index in [0.29, 0.717) is 35.3 Å². The van der Waals surface area contributed by atoms with Crippen LogP contribution in [-0.2, 0) is 16.9 Å². The van der Waals surface area contributed by atoms with Crippen LogP contribution in [0.3, 0.4) is 0 Å². The van der Waals surface area contributed by atoms with E-state index in [-0.39, 0.29) is 18.7 Å². The van der Waals surface area contributed by atoms with Gasteiger partial charge < -0.3 is 25.6 Å². The van der Waals surface area contributed by atoms with Gasteiger partial charge in [-0.2, -0.15) is 0 Å². The maximum Gasteiger partial charge on any atom is 0.319 e. The molecule has 1 heterocycles. The first-order valence-electron chi connectivity index (χ1n) is 8.58. The number of rotatable bonds is 8. The molecular weight excluding hydrogens is 366 g/mol. The number of carbonyl (C=O) groups is 1. The summed E-state index contributed by atoms with van der Waals surface area (Å²) < 4.78 is 11.6. The number of anilines is 2. The first kappa shape index (κ1) is 20.9. The van der Waals surface area contributed by atoms with Gasteiger partial charge in [0.2, 0.25) is 0 Å². The number of aromatic nitrogens is 2. The van der Waals surface area contributed by atoms with Gasteiger partial charge in [0.1, 0.15) is 11.6 Å². The van der Waals surface area contributed by atoms with Gasteiger partial charge in [0.25, 0.3) is 0 Å². The molecule has 146 valence electrons. The van der Waals surface area contributed by atoms with Crippen molar-refractivity contribution in [3.8, 4) is 11.4 Å². The molecule has 1 aromatic carbocycles. The number of amides is 2. The molecule has 4 N–H and O–H groups in total. The molecule has 2 rings (SSSR count).